The molecular formula is C19H20N2O2S. The molecule has 3 rings (SSSR count). The molecule has 0 aliphatic rings. The number of carbonyl (C=O) groups is 1. The molecule has 0 aliphatic heterocycles. The predicted molar refractivity (Wildman–Crippen MR) is 97.5 cm³/mol. The zero-order valence-electron chi connectivity index (χ0n) is 14.3. The number of ether oxygens (including phenoxy) is 1. The minimum Gasteiger partial charge on any atom is -0.497 e. The molecule has 124 valence electrons. The van der Waals surface area contributed by atoms with Gasteiger partial charge in [-0.05, 0) is 48.7 Å². The fraction of sp³-hybridized carbons (Fsp3) is 0.263. The number of amides is 1. The summed E-state index contributed by atoms with van der Waals surface area (Å²) in [5.74, 6) is 0.640. The van der Waals surface area contributed by atoms with E-state index in [9.17, 15) is 4.79 Å². The standard InChI is InChI=1S/C19H20N2O2S/c1-12-9-13(2)18-16(10-12)21(3)19(24-18)20-17(22)11-14-5-7-15(23-4)8-6-14/h5-10H,11H2,1-4H3. The monoisotopic (exact) mass is 340 g/mol. The van der Waals surface area contributed by atoms with Gasteiger partial charge >= 0.3 is 0 Å². The number of rotatable bonds is 3. The van der Waals surface area contributed by atoms with Crippen LogP contribution in [0.5, 0.6) is 5.75 Å². The van der Waals surface area contributed by atoms with Crippen molar-refractivity contribution in [3.05, 3.63) is 57.9 Å². The van der Waals surface area contributed by atoms with Crippen molar-refractivity contribution in [2.75, 3.05) is 7.11 Å². The van der Waals surface area contributed by atoms with Gasteiger partial charge in [-0.3, -0.25) is 4.79 Å². The number of aryl methyl sites for hydroxylation is 3. The van der Waals surface area contributed by atoms with Crippen LogP contribution in [0.1, 0.15) is 16.7 Å². The SMILES string of the molecule is COc1ccc(CC(=O)N=c2sc3c(C)cc(C)cc3n2C)cc1. The first-order valence-electron chi connectivity index (χ1n) is 7.75. The first-order valence-corrected chi connectivity index (χ1v) is 8.57. The summed E-state index contributed by atoms with van der Waals surface area (Å²) in [6.07, 6.45) is 0.288. The molecule has 1 aromatic heterocycles. The maximum absolute atomic E-state index is 12.3. The number of hydrogen-bond acceptors (Lipinski definition) is 3. The van der Waals surface area contributed by atoms with Crippen LogP contribution < -0.4 is 9.54 Å². The third kappa shape index (κ3) is 3.26. The van der Waals surface area contributed by atoms with Crippen LogP contribution in [0.25, 0.3) is 10.2 Å². The van der Waals surface area contributed by atoms with E-state index >= 15 is 0 Å². The van der Waals surface area contributed by atoms with Gasteiger partial charge in [0.1, 0.15) is 5.75 Å². The number of hydrogen-bond donors (Lipinski definition) is 0. The lowest BCUT2D eigenvalue weighted by Crippen LogP contribution is -2.14. The minimum atomic E-state index is -0.142. The summed E-state index contributed by atoms with van der Waals surface area (Å²) in [5.41, 5.74) is 4.48. The van der Waals surface area contributed by atoms with Crippen molar-refractivity contribution >= 4 is 27.5 Å². The van der Waals surface area contributed by atoms with Gasteiger partial charge in [0.25, 0.3) is 5.91 Å². The molecule has 0 radical (unpaired) electrons. The van der Waals surface area contributed by atoms with Crippen LogP contribution >= 0.6 is 11.3 Å². The van der Waals surface area contributed by atoms with Crippen molar-refractivity contribution in [2.45, 2.75) is 20.3 Å². The Morgan fingerprint density at radius 3 is 2.58 bits per heavy atom. The van der Waals surface area contributed by atoms with Gasteiger partial charge in [-0.25, -0.2) is 0 Å². The maximum atomic E-state index is 12.3. The Hall–Kier alpha value is -2.40. The summed E-state index contributed by atoms with van der Waals surface area (Å²) in [6.45, 7) is 4.17. The third-order valence-corrected chi connectivity index (χ3v) is 5.26. The Kier molecular flexibility index (Phi) is 4.53. The van der Waals surface area contributed by atoms with Crippen molar-refractivity contribution in [2.24, 2.45) is 12.0 Å². The van der Waals surface area contributed by atoms with Crippen molar-refractivity contribution in [1.82, 2.24) is 4.57 Å². The zero-order valence-corrected chi connectivity index (χ0v) is 15.1. The average Bonchev–Trinajstić information content (AvgIpc) is 2.85. The highest BCUT2D eigenvalue weighted by Gasteiger charge is 2.08. The van der Waals surface area contributed by atoms with E-state index in [0.717, 1.165) is 21.6 Å². The molecule has 0 N–H and O–H groups in total. The molecule has 3 aromatic rings. The molecule has 24 heavy (non-hydrogen) atoms. The third-order valence-electron chi connectivity index (χ3n) is 3.98. The first-order chi connectivity index (χ1) is 11.5. The molecule has 0 saturated carbocycles. The molecule has 1 amide bonds. The fourth-order valence-corrected chi connectivity index (χ4v) is 3.82. The molecule has 0 spiro atoms. The van der Waals surface area contributed by atoms with Crippen molar-refractivity contribution in [3.8, 4) is 5.75 Å². The summed E-state index contributed by atoms with van der Waals surface area (Å²) < 4.78 is 8.30. The molecule has 0 aliphatic carbocycles. The lowest BCUT2D eigenvalue weighted by Gasteiger charge is -2.01. The second kappa shape index (κ2) is 6.61. The average molecular weight is 340 g/mol. The van der Waals surface area contributed by atoms with Gasteiger partial charge in [-0.2, -0.15) is 4.99 Å². The molecule has 2 aromatic carbocycles. The van der Waals surface area contributed by atoms with Crippen LogP contribution in [0.4, 0.5) is 0 Å². The summed E-state index contributed by atoms with van der Waals surface area (Å²) in [4.78, 5) is 17.4. The normalized spacial score (nSPS) is 11.9. The number of aromatic nitrogens is 1. The second-order valence-corrected chi connectivity index (χ2v) is 6.88. The lowest BCUT2D eigenvalue weighted by molar-refractivity contribution is -0.117. The second-order valence-electron chi connectivity index (χ2n) is 5.90. The highest BCUT2D eigenvalue weighted by atomic mass is 32.1. The molecule has 4 nitrogen and oxygen atoms in total. The number of thiazole rings is 1. The number of nitrogens with zero attached hydrogens (tertiary/aromatic N) is 2. The van der Waals surface area contributed by atoms with Crippen LogP contribution in [0, 0.1) is 13.8 Å². The zero-order chi connectivity index (χ0) is 17.3. The maximum Gasteiger partial charge on any atom is 0.252 e. The van der Waals surface area contributed by atoms with Gasteiger partial charge in [0.15, 0.2) is 4.80 Å². The van der Waals surface area contributed by atoms with Gasteiger partial charge in [-0.1, -0.05) is 29.5 Å². The van der Waals surface area contributed by atoms with Crippen LogP contribution in [0.2, 0.25) is 0 Å². The molecule has 5 heteroatoms. The number of methoxy groups -OCH3 is 1. The molecule has 1 heterocycles. The quantitative estimate of drug-likeness (QED) is 0.732. The Bertz CT molecular complexity index is 965. The Balaban J connectivity index is 1.92. The van der Waals surface area contributed by atoms with Gasteiger partial charge in [-0.15, -0.1) is 0 Å². The largest absolute Gasteiger partial charge is 0.497 e. The predicted octanol–water partition coefficient (Wildman–Crippen LogP) is 3.54. The summed E-state index contributed by atoms with van der Waals surface area (Å²) in [5, 5.41) is 0. The number of fused-ring (bicyclic) bond motifs is 1. The molecule has 0 bridgehead atoms. The number of carbonyl (C=O) groups excluding carboxylic acids is 1. The molecule has 0 saturated heterocycles. The van der Waals surface area contributed by atoms with Crippen LogP contribution in [-0.4, -0.2) is 17.6 Å². The minimum absolute atomic E-state index is 0.142. The summed E-state index contributed by atoms with van der Waals surface area (Å²) in [7, 11) is 3.58. The topological polar surface area (TPSA) is 43.6 Å². The highest BCUT2D eigenvalue weighted by molar-refractivity contribution is 7.16. The van der Waals surface area contributed by atoms with E-state index in [-0.39, 0.29) is 12.3 Å². The van der Waals surface area contributed by atoms with Crippen molar-refractivity contribution < 1.29 is 9.53 Å². The van der Waals surface area contributed by atoms with E-state index in [1.807, 2.05) is 35.9 Å². The first kappa shape index (κ1) is 16.5. The molecular weight excluding hydrogens is 320 g/mol. The Morgan fingerprint density at radius 1 is 1.21 bits per heavy atom. The summed E-state index contributed by atoms with van der Waals surface area (Å²) in [6, 6.07) is 11.8. The van der Waals surface area contributed by atoms with Crippen LogP contribution in [0.3, 0.4) is 0 Å². The lowest BCUT2D eigenvalue weighted by atomic mass is 10.1. The van der Waals surface area contributed by atoms with Crippen LogP contribution in [-0.2, 0) is 18.3 Å². The van der Waals surface area contributed by atoms with Gasteiger partial charge in [0.05, 0.1) is 23.7 Å². The van der Waals surface area contributed by atoms with E-state index in [1.165, 1.54) is 15.8 Å². The van der Waals surface area contributed by atoms with Gasteiger partial charge in [0, 0.05) is 7.05 Å². The molecule has 0 unspecified atom stereocenters. The van der Waals surface area contributed by atoms with Gasteiger partial charge in [0.2, 0.25) is 0 Å². The van der Waals surface area contributed by atoms with E-state index in [4.69, 9.17) is 4.74 Å². The number of benzene rings is 2. The van der Waals surface area contributed by atoms with Crippen molar-refractivity contribution in [1.29, 1.82) is 0 Å². The van der Waals surface area contributed by atoms with Gasteiger partial charge < -0.3 is 9.30 Å². The van der Waals surface area contributed by atoms with E-state index in [2.05, 4.69) is 31.0 Å². The smallest absolute Gasteiger partial charge is 0.252 e. The van der Waals surface area contributed by atoms with Crippen molar-refractivity contribution in [3.63, 3.8) is 0 Å². The van der Waals surface area contributed by atoms with E-state index < -0.39 is 0 Å². The fourth-order valence-electron chi connectivity index (χ4n) is 2.74. The Labute approximate surface area is 145 Å². The van der Waals surface area contributed by atoms with E-state index in [0.29, 0.717) is 0 Å². The molecule has 0 atom stereocenters. The molecule has 0 fully saturated rings. The van der Waals surface area contributed by atoms with Crippen LogP contribution in [0.15, 0.2) is 41.4 Å². The Morgan fingerprint density at radius 2 is 1.92 bits per heavy atom. The summed E-state index contributed by atoms with van der Waals surface area (Å²) >= 11 is 1.56. The highest BCUT2D eigenvalue weighted by Crippen LogP contribution is 2.22. The van der Waals surface area contributed by atoms with E-state index in [1.54, 1.807) is 18.4 Å².